The van der Waals surface area contributed by atoms with Gasteiger partial charge in [0.1, 0.15) is 0 Å². The number of amidine groups is 1. The zero-order chi connectivity index (χ0) is 18.7. The van der Waals surface area contributed by atoms with Crippen LogP contribution in [0.2, 0.25) is 0 Å². The van der Waals surface area contributed by atoms with Crippen LogP contribution < -0.4 is 0 Å². The summed E-state index contributed by atoms with van der Waals surface area (Å²) >= 11 is 1.33. The Morgan fingerprint density at radius 1 is 1.12 bits per heavy atom. The van der Waals surface area contributed by atoms with E-state index in [1.807, 2.05) is 44.2 Å². The van der Waals surface area contributed by atoms with Gasteiger partial charge in [-0.05, 0) is 61.5 Å². The fourth-order valence-electron chi connectivity index (χ4n) is 2.51. The average molecular weight is 366 g/mol. The summed E-state index contributed by atoms with van der Waals surface area (Å²) < 4.78 is 0. The zero-order valence-corrected chi connectivity index (χ0v) is 15.2. The van der Waals surface area contributed by atoms with Gasteiger partial charge in [0.05, 0.1) is 16.2 Å². The van der Waals surface area contributed by atoms with Gasteiger partial charge in [0.2, 0.25) is 0 Å². The molecular weight excluding hydrogens is 348 g/mol. The van der Waals surface area contributed by atoms with Crippen molar-refractivity contribution in [2.45, 2.75) is 19.9 Å². The lowest BCUT2D eigenvalue weighted by Crippen LogP contribution is -2.35. The molecule has 0 spiro atoms. The van der Waals surface area contributed by atoms with Crippen molar-refractivity contribution in [2.24, 2.45) is 4.99 Å². The molecule has 0 atom stereocenters. The third-order valence-corrected chi connectivity index (χ3v) is 4.77. The second-order valence-electron chi connectivity index (χ2n) is 6.04. The summed E-state index contributed by atoms with van der Waals surface area (Å²) in [5.41, 5.74) is 1.78. The largest absolute Gasteiger partial charge is 0.478 e. The molecule has 1 aliphatic heterocycles. The molecule has 0 unspecified atom stereocenters. The Morgan fingerprint density at radius 2 is 1.77 bits per heavy atom. The van der Waals surface area contributed by atoms with E-state index in [0.717, 1.165) is 11.3 Å². The van der Waals surface area contributed by atoms with Crippen LogP contribution in [-0.4, -0.2) is 33.1 Å². The lowest BCUT2D eigenvalue weighted by atomic mass is 10.1. The molecule has 2 aromatic rings. The van der Waals surface area contributed by atoms with Crippen LogP contribution >= 0.6 is 11.8 Å². The highest BCUT2D eigenvalue weighted by molar-refractivity contribution is 8.18. The van der Waals surface area contributed by atoms with Crippen LogP contribution in [0.4, 0.5) is 5.69 Å². The number of hydrogen-bond acceptors (Lipinski definition) is 4. The molecule has 1 aliphatic rings. The number of hydrogen-bond donors (Lipinski definition) is 1. The molecule has 26 heavy (non-hydrogen) atoms. The Kier molecular flexibility index (Phi) is 5.23. The van der Waals surface area contributed by atoms with Crippen molar-refractivity contribution in [2.75, 3.05) is 0 Å². The summed E-state index contributed by atoms with van der Waals surface area (Å²) in [7, 11) is 0. The molecule has 2 aromatic carbocycles. The molecule has 0 aliphatic carbocycles. The lowest BCUT2D eigenvalue weighted by molar-refractivity contribution is -0.123. The van der Waals surface area contributed by atoms with E-state index in [0.29, 0.717) is 10.1 Å². The molecule has 0 bridgehead atoms. The molecule has 1 saturated heterocycles. The smallest absolute Gasteiger partial charge is 0.335 e. The fraction of sp³-hybridized carbons (Fsp3) is 0.150. The summed E-state index contributed by atoms with van der Waals surface area (Å²) in [6.45, 7) is 3.90. The van der Waals surface area contributed by atoms with Gasteiger partial charge in [-0.3, -0.25) is 9.69 Å². The number of para-hydroxylation sites is 1. The normalized spacial score (nSPS) is 17.5. The van der Waals surface area contributed by atoms with Crippen LogP contribution in [0.3, 0.4) is 0 Å². The molecule has 0 aromatic heterocycles. The van der Waals surface area contributed by atoms with Crippen LogP contribution in [0, 0.1) is 0 Å². The Hall–Kier alpha value is -2.86. The second kappa shape index (κ2) is 7.58. The average Bonchev–Trinajstić information content (AvgIpc) is 2.91. The van der Waals surface area contributed by atoms with Crippen molar-refractivity contribution >= 4 is 40.6 Å². The number of carbonyl (C=O) groups is 2. The lowest BCUT2D eigenvalue weighted by Gasteiger charge is -2.19. The molecule has 0 saturated carbocycles. The van der Waals surface area contributed by atoms with E-state index in [1.165, 1.54) is 23.9 Å². The predicted octanol–water partition coefficient (Wildman–Crippen LogP) is 4.40. The Balaban J connectivity index is 1.92. The van der Waals surface area contributed by atoms with Gasteiger partial charge in [-0.15, -0.1) is 0 Å². The number of aromatic carboxylic acids is 1. The van der Waals surface area contributed by atoms with E-state index in [1.54, 1.807) is 23.1 Å². The first kappa shape index (κ1) is 17.9. The Bertz CT molecular complexity index is 887. The van der Waals surface area contributed by atoms with Crippen LogP contribution in [-0.2, 0) is 4.79 Å². The maximum atomic E-state index is 12.8. The summed E-state index contributed by atoms with van der Waals surface area (Å²) in [5, 5.41) is 9.62. The number of thioether (sulfide) groups is 1. The minimum Gasteiger partial charge on any atom is -0.478 e. The first-order chi connectivity index (χ1) is 12.5. The topological polar surface area (TPSA) is 70.0 Å². The third kappa shape index (κ3) is 3.86. The van der Waals surface area contributed by atoms with E-state index in [4.69, 9.17) is 5.11 Å². The van der Waals surface area contributed by atoms with Gasteiger partial charge in [0.15, 0.2) is 5.17 Å². The fourth-order valence-corrected chi connectivity index (χ4v) is 3.63. The number of benzene rings is 2. The SMILES string of the molecule is CC(C)N1C(=O)C(=Cc2ccc(C(=O)O)cc2)SC1=Nc1ccccc1. The van der Waals surface area contributed by atoms with Gasteiger partial charge < -0.3 is 5.11 Å². The van der Waals surface area contributed by atoms with Gasteiger partial charge in [-0.1, -0.05) is 30.3 Å². The second-order valence-corrected chi connectivity index (χ2v) is 7.05. The molecule has 3 rings (SSSR count). The van der Waals surface area contributed by atoms with Gasteiger partial charge in [-0.25, -0.2) is 9.79 Å². The molecule has 6 heteroatoms. The van der Waals surface area contributed by atoms with Crippen LogP contribution in [0.1, 0.15) is 29.8 Å². The molecular formula is C20H18N2O3S. The van der Waals surface area contributed by atoms with Gasteiger partial charge in [-0.2, -0.15) is 0 Å². The van der Waals surface area contributed by atoms with Crippen molar-refractivity contribution < 1.29 is 14.7 Å². The monoisotopic (exact) mass is 366 g/mol. The molecule has 5 nitrogen and oxygen atoms in total. The number of aliphatic imine (C=N–C) groups is 1. The minimum atomic E-state index is -0.973. The zero-order valence-electron chi connectivity index (χ0n) is 14.4. The van der Waals surface area contributed by atoms with Crippen molar-refractivity contribution in [3.05, 3.63) is 70.6 Å². The van der Waals surface area contributed by atoms with Crippen LogP contribution in [0.5, 0.6) is 0 Å². The predicted molar refractivity (Wildman–Crippen MR) is 104 cm³/mol. The number of carbonyl (C=O) groups excluding carboxylic acids is 1. The molecule has 1 amide bonds. The van der Waals surface area contributed by atoms with Crippen LogP contribution in [0.25, 0.3) is 6.08 Å². The van der Waals surface area contributed by atoms with Crippen molar-refractivity contribution in [3.8, 4) is 0 Å². The number of carboxylic acids is 1. The standard InChI is InChI=1S/C20H18N2O3S/c1-13(2)22-18(23)17(12-14-8-10-15(11-9-14)19(24)25)26-20(22)21-16-6-4-3-5-7-16/h3-13H,1-2H3,(H,24,25). The molecule has 0 radical (unpaired) electrons. The summed E-state index contributed by atoms with van der Waals surface area (Å²) in [6.07, 6.45) is 1.77. The highest BCUT2D eigenvalue weighted by Gasteiger charge is 2.35. The van der Waals surface area contributed by atoms with E-state index in [9.17, 15) is 9.59 Å². The maximum Gasteiger partial charge on any atom is 0.335 e. The molecule has 132 valence electrons. The highest BCUT2D eigenvalue weighted by atomic mass is 32.2. The van der Waals surface area contributed by atoms with E-state index in [-0.39, 0.29) is 17.5 Å². The number of rotatable bonds is 4. The van der Waals surface area contributed by atoms with Crippen molar-refractivity contribution in [3.63, 3.8) is 0 Å². The number of amides is 1. The van der Waals surface area contributed by atoms with E-state index in [2.05, 4.69) is 4.99 Å². The quantitative estimate of drug-likeness (QED) is 0.815. The highest BCUT2D eigenvalue weighted by Crippen LogP contribution is 2.35. The number of nitrogens with zero attached hydrogens (tertiary/aromatic N) is 2. The van der Waals surface area contributed by atoms with E-state index >= 15 is 0 Å². The van der Waals surface area contributed by atoms with Crippen molar-refractivity contribution in [1.29, 1.82) is 0 Å². The van der Waals surface area contributed by atoms with Gasteiger partial charge >= 0.3 is 5.97 Å². The number of carboxylic acid groups (broad SMARTS) is 1. The van der Waals surface area contributed by atoms with Crippen LogP contribution in [0.15, 0.2) is 64.5 Å². The van der Waals surface area contributed by atoms with Gasteiger partial charge in [0.25, 0.3) is 5.91 Å². The molecule has 1 N–H and O–H groups in total. The summed E-state index contributed by atoms with van der Waals surface area (Å²) in [5.74, 6) is -1.07. The third-order valence-electron chi connectivity index (χ3n) is 3.79. The minimum absolute atomic E-state index is 0.0160. The maximum absolute atomic E-state index is 12.8. The van der Waals surface area contributed by atoms with Crippen molar-refractivity contribution in [1.82, 2.24) is 4.90 Å². The molecule has 1 fully saturated rings. The first-order valence-corrected chi connectivity index (χ1v) is 8.97. The first-order valence-electron chi connectivity index (χ1n) is 8.16. The summed E-state index contributed by atoms with van der Waals surface area (Å²) in [4.78, 5) is 30.6. The Labute approximate surface area is 156 Å². The van der Waals surface area contributed by atoms with E-state index < -0.39 is 5.97 Å². The summed E-state index contributed by atoms with van der Waals surface area (Å²) in [6, 6.07) is 15.9. The molecule has 1 heterocycles. The van der Waals surface area contributed by atoms with Gasteiger partial charge in [0, 0.05) is 6.04 Å². The Morgan fingerprint density at radius 3 is 2.35 bits per heavy atom.